The summed E-state index contributed by atoms with van der Waals surface area (Å²) in [6.45, 7) is 1.70. The lowest BCUT2D eigenvalue weighted by molar-refractivity contribution is -0.139. The molecule has 1 saturated heterocycles. The molecular formula is C22H21N3O3S2. The molecule has 2 aliphatic heterocycles. The zero-order valence-corrected chi connectivity index (χ0v) is 18.0. The lowest BCUT2D eigenvalue weighted by Gasteiger charge is -2.37. The third-order valence-corrected chi connectivity index (χ3v) is 7.03. The molecule has 4 heterocycles. The van der Waals surface area contributed by atoms with Crippen LogP contribution in [-0.4, -0.2) is 47.4 Å². The van der Waals surface area contributed by atoms with E-state index < -0.39 is 6.10 Å². The summed E-state index contributed by atoms with van der Waals surface area (Å²) in [6.07, 6.45) is 2.49. The van der Waals surface area contributed by atoms with Crippen molar-refractivity contribution in [1.82, 2.24) is 9.88 Å². The van der Waals surface area contributed by atoms with Crippen molar-refractivity contribution in [2.45, 2.75) is 25.4 Å². The molecule has 8 heteroatoms. The van der Waals surface area contributed by atoms with Gasteiger partial charge in [0.1, 0.15) is 16.5 Å². The number of carbonyl (C=O) groups excluding carboxylic acids is 2. The molecule has 3 aromatic rings. The van der Waals surface area contributed by atoms with Crippen LogP contribution >= 0.6 is 22.7 Å². The first-order valence-corrected chi connectivity index (χ1v) is 11.9. The number of likely N-dealkylation sites (tertiary alicyclic amines) is 1. The summed E-state index contributed by atoms with van der Waals surface area (Å²) < 4.78 is 6.03. The number of hydrogen-bond donors (Lipinski definition) is 0. The zero-order chi connectivity index (χ0) is 20.5. The van der Waals surface area contributed by atoms with E-state index in [0.29, 0.717) is 17.1 Å². The van der Waals surface area contributed by atoms with Gasteiger partial charge in [-0.2, -0.15) is 11.3 Å². The predicted molar refractivity (Wildman–Crippen MR) is 118 cm³/mol. The number of fused-ring (bicyclic) bond motifs is 1. The second-order valence-electron chi connectivity index (χ2n) is 7.43. The first-order chi connectivity index (χ1) is 14.7. The van der Waals surface area contributed by atoms with Crippen LogP contribution < -0.4 is 9.64 Å². The summed E-state index contributed by atoms with van der Waals surface area (Å²) in [4.78, 5) is 34.5. The molecule has 1 fully saturated rings. The molecule has 0 N–H and O–H groups in total. The number of anilines is 1. The number of thiophene rings is 1. The van der Waals surface area contributed by atoms with Crippen LogP contribution in [0.1, 0.15) is 29.8 Å². The number of para-hydroxylation sites is 2. The molecule has 1 aromatic carbocycles. The monoisotopic (exact) mass is 439 g/mol. The van der Waals surface area contributed by atoms with Crippen LogP contribution in [0.5, 0.6) is 5.75 Å². The molecule has 2 aromatic heterocycles. The van der Waals surface area contributed by atoms with E-state index in [1.165, 1.54) is 11.3 Å². The third-order valence-electron chi connectivity index (χ3n) is 5.45. The normalized spacial score (nSPS) is 18.6. The molecule has 6 nitrogen and oxygen atoms in total. The summed E-state index contributed by atoms with van der Waals surface area (Å²) in [5.74, 6) is 0.305. The average Bonchev–Trinajstić information content (AvgIpc) is 3.50. The Morgan fingerprint density at radius 2 is 1.90 bits per heavy atom. The van der Waals surface area contributed by atoms with Crippen molar-refractivity contribution in [3.63, 3.8) is 0 Å². The van der Waals surface area contributed by atoms with E-state index in [1.54, 1.807) is 21.6 Å². The zero-order valence-electron chi connectivity index (χ0n) is 16.3. The fourth-order valence-corrected chi connectivity index (χ4v) is 5.41. The van der Waals surface area contributed by atoms with E-state index in [1.807, 2.05) is 46.0 Å². The molecule has 0 aliphatic carbocycles. The van der Waals surface area contributed by atoms with Gasteiger partial charge in [0.15, 0.2) is 6.10 Å². The summed E-state index contributed by atoms with van der Waals surface area (Å²) in [5, 5.41) is 6.62. The van der Waals surface area contributed by atoms with Crippen LogP contribution in [0.15, 0.2) is 46.5 Å². The Balaban J connectivity index is 1.43. The van der Waals surface area contributed by atoms with Gasteiger partial charge in [0.2, 0.25) is 0 Å². The minimum absolute atomic E-state index is 0.0424. The van der Waals surface area contributed by atoms with Crippen molar-refractivity contribution in [3.05, 3.63) is 52.2 Å². The van der Waals surface area contributed by atoms with Crippen molar-refractivity contribution in [3.8, 4) is 16.3 Å². The van der Waals surface area contributed by atoms with Crippen LogP contribution in [0.3, 0.4) is 0 Å². The van der Waals surface area contributed by atoms with E-state index in [-0.39, 0.29) is 18.4 Å². The molecule has 0 saturated carbocycles. The number of amides is 2. The molecule has 5 rings (SSSR count). The molecule has 154 valence electrons. The largest absolute Gasteiger partial charge is 0.476 e. The molecule has 0 radical (unpaired) electrons. The van der Waals surface area contributed by atoms with Crippen LogP contribution in [0.4, 0.5) is 5.69 Å². The summed E-state index contributed by atoms with van der Waals surface area (Å²) in [7, 11) is 0. The minimum atomic E-state index is -0.697. The Kier molecular flexibility index (Phi) is 5.26. The molecule has 0 unspecified atom stereocenters. The van der Waals surface area contributed by atoms with Gasteiger partial charge >= 0.3 is 0 Å². The Morgan fingerprint density at radius 1 is 1.07 bits per heavy atom. The maximum atomic E-state index is 13.4. The lowest BCUT2D eigenvalue weighted by Crippen LogP contribution is -2.52. The minimum Gasteiger partial charge on any atom is -0.476 e. The maximum Gasteiger partial charge on any atom is 0.278 e. The topological polar surface area (TPSA) is 62.7 Å². The molecule has 2 aliphatic rings. The number of nitrogens with zero attached hydrogens (tertiary/aromatic N) is 3. The van der Waals surface area contributed by atoms with Crippen molar-refractivity contribution in [1.29, 1.82) is 0 Å². The van der Waals surface area contributed by atoms with Gasteiger partial charge in [-0.25, -0.2) is 4.98 Å². The highest BCUT2D eigenvalue weighted by atomic mass is 32.1. The number of rotatable bonds is 3. The SMILES string of the molecule is O=C([C@H]1CN(C(=O)c2csc(-c3ccsc3)n2)c2ccccc2O1)N1CCCCC1. The van der Waals surface area contributed by atoms with Crippen LogP contribution in [-0.2, 0) is 4.79 Å². The number of benzene rings is 1. The lowest BCUT2D eigenvalue weighted by atomic mass is 10.1. The van der Waals surface area contributed by atoms with Gasteiger partial charge < -0.3 is 9.64 Å². The van der Waals surface area contributed by atoms with Crippen LogP contribution in [0.25, 0.3) is 10.6 Å². The highest BCUT2D eigenvalue weighted by Gasteiger charge is 2.37. The molecule has 2 amide bonds. The molecule has 0 bridgehead atoms. The van der Waals surface area contributed by atoms with Gasteiger partial charge in [0, 0.05) is 29.4 Å². The quantitative estimate of drug-likeness (QED) is 0.611. The maximum absolute atomic E-state index is 13.4. The molecule has 30 heavy (non-hydrogen) atoms. The number of ether oxygens (including phenoxy) is 1. The first-order valence-electron chi connectivity index (χ1n) is 10.0. The van der Waals surface area contributed by atoms with Crippen molar-refractivity contribution in [2.24, 2.45) is 0 Å². The number of carbonyl (C=O) groups is 2. The van der Waals surface area contributed by atoms with E-state index in [4.69, 9.17) is 4.74 Å². The smallest absolute Gasteiger partial charge is 0.278 e. The Bertz CT molecular complexity index is 1060. The van der Waals surface area contributed by atoms with Crippen molar-refractivity contribution < 1.29 is 14.3 Å². The fraction of sp³-hybridized carbons (Fsp3) is 0.318. The number of thiazole rings is 1. The number of aromatic nitrogens is 1. The Labute approximate surface area is 182 Å². The summed E-state index contributed by atoms with van der Waals surface area (Å²) >= 11 is 3.05. The van der Waals surface area contributed by atoms with Crippen molar-refractivity contribution in [2.75, 3.05) is 24.5 Å². The molecule has 0 spiro atoms. The van der Waals surface area contributed by atoms with E-state index in [2.05, 4.69) is 4.98 Å². The second kappa shape index (κ2) is 8.20. The van der Waals surface area contributed by atoms with Gasteiger partial charge in [0.05, 0.1) is 12.2 Å². The number of hydrogen-bond acceptors (Lipinski definition) is 6. The van der Waals surface area contributed by atoms with E-state index >= 15 is 0 Å². The van der Waals surface area contributed by atoms with E-state index in [0.717, 1.165) is 42.9 Å². The highest BCUT2D eigenvalue weighted by Crippen LogP contribution is 2.35. The molecule has 1 atom stereocenters. The summed E-state index contributed by atoms with van der Waals surface area (Å²) in [5.41, 5.74) is 2.09. The van der Waals surface area contributed by atoms with Gasteiger partial charge in [-0.3, -0.25) is 14.5 Å². The number of piperidine rings is 1. The third kappa shape index (κ3) is 3.61. The van der Waals surface area contributed by atoms with Gasteiger partial charge in [-0.1, -0.05) is 12.1 Å². The second-order valence-corrected chi connectivity index (χ2v) is 9.06. The fourth-order valence-electron chi connectivity index (χ4n) is 3.90. The van der Waals surface area contributed by atoms with Crippen molar-refractivity contribution >= 4 is 40.2 Å². The average molecular weight is 440 g/mol. The standard InChI is InChI=1S/C22H21N3O3S2/c26-21(16-14-30-20(23-16)15-8-11-29-13-15)25-12-19(22(27)24-9-4-1-5-10-24)28-18-7-3-2-6-17(18)25/h2-3,6-8,11,13-14,19H,1,4-5,9-10,12H2/t19-/m1/s1. The Morgan fingerprint density at radius 3 is 2.70 bits per heavy atom. The summed E-state index contributed by atoms with van der Waals surface area (Å²) in [6, 6.07) is 9.37. The van der Waals surface area contributed by atoms with Gasteiger partial charge in [-0.05, 0) is 42.8 Å². The highest BCUT2D eigenvalue weighted by molar-refractivity contribution is 7.14. The predicted octanol–water partition coefficient (Wildman–Crippen LogP) is 4.29. The first kappa shape index (κ1) is 19.3. The van der Waals surface area contributed by atoms with Gasteiger partial charge in [-0.15, -0.1) is 11.3 Å². The van der Waals surface area contributed by atoms with E-state index in [9.17, 15) is 9.59 Å². The Hall–Kier alpha value is -2.71. The van der Waals surface area contributed by atoms with Gasteiger partial charge in [0.25, 0.3) is 11.8 Å². The van der Waals surface area contributed by atoms with Crippen LogP contribution in [0, 0.1) is 0 Å². The van der Waals surface area contributed by atoms with Crippen LogP contribution in [0.2, 0.25) is 0 Å². The molecular weight excluding hydrogens is 418 g/mol.